The van der Waals surface area contributed by atoms with Gasteiger partial charge in [0.15, 0.2) is 6.29 Å². The zero-order valence-electron chi connectivity index (χ0n) is 9.68. The zero-order chi connectivity index (χ0) is 12.8. The lowest BCUT2D eigenvalue weighted by Gasteiger charge is -2.17. The minimum atomic E-state index is -0.912. The zero-order valence-corrected chi connectivity index (χ0v) is 9.68. The Hall–Kier alpha value is -1.53. The molecule has 0 aliphatic heterocycles. The van der Waals surface area contributed by atoms with E-state index in [2.05, 4.69) is 0 Å². The van der Waals surface area contributed by atoms with Gasteiger partial charge in [-0.25, -0.2) is 4.39 Å². The van der Waals surface area contributed by atoms with Crippen molar-refractivity contribution in [1.29, 1.82) is 0 Å². The molecule has 0 radical (unpaired) electrons. The molecule has 0 aliphatic carbocycles. The smallest absolute Gasteiger partial charge is 0.270 e. The SMILES string of the molecule is CCOC(OCC)c1cc([N+](=O)[O-])ccc1F. The third-order valence-corrected chi connectivity index (χ3v) is 2.08. The van der Waals surface area contributed by atoms with Crippen molar-refractivity contribution in [2.24, 2.45) is 0 Å². The van der Waals surface area contributed by atoms with Crippen LogP contribution in [0.1, 0.15) is 25.7 Å². The quantitative estimate of drug-likeness (QED) is 0.438. The minimum Gasteiger partial charge on any atom is -0.349 e. The average Bonchev–Trinajstić information content (AvgIpc) is 2.29. The molecule has 0 aromatic heterocycles. The topological polar surface area (TPSA) is 61.6 Å². The van der Waals surface area contributed by atoms with Crippen LogP contribution in [0.3, 0.4) is 0 Å². The van der Waals surface area contributed by atoms with E-state index in [1.54, 1.807) is 13.8 Å². The molecule has 0 spiro atoms. The third-order valence-electron chi connectivity index (χ3n) is 2.08. The number of nitro benzene ring substituents is 1. The van der Waals surface area contributed by atoms with Crippen molar-refractivity contribution < 1.29 is 18.8 Å². The van der Waals surface area contributed by atoms with Gasteiger partial charge < -0.3 is 9.47 Å². The predicted octanol–water partition coefficient (Wildman–Crippen LogP) is 2.81. The van der Waals surface area contributed by atoms with Crippen molar-refractivity contribution in [1.82, 2.24) is 0 Å². The van der Waals surface area contributed by atoms with Crippen LogP contribution in [-0.2, 0) is 9.47 Å². The molecule has 0 N–H and O–H groups in total. The molecular formula is C11H14FNO4. The second kappa shape index (κ2) is 6.27. The molecule has 1 rings (SSSR count). The molecule has 0 atom stereocenters. The highest BCUT2D eigenvalue weighted by atomic mass is 19.1. The highest BCUT2D eigenvalue weighted by molar-refractivity contribution is 5.35. The van der Waals surface area contributed by atoms with Gasteiger partial charge >= 0.3 is 0 Å². The summed E-state index contributed by atoms with van der Waals surface area (Å²) in [5.41, 5.74) is -0.145. The van der Waals surface area contributed by atoms with Crippen molar-refractivity contribution >= 4 is 5.69 Å². The Kier molecular flexibility index (Phi) is 4.99. The van der Waals surface area contributed by atoms with Crippen LogP contribution in [0.2, 0.25) is 0 Å². The molecule has 0 aliphatic rings. The van der Waals surface area contributed by atoms with E-state index in [9.17, 15) is 14.5 Å². The molecule has 1 aromatic rings. The molecule has 17 heavy (non-hydrogen) atoms. The van der Waals surface area contributed by atoms with E-state index in [0.29, 0.717) is 13.2 Å². The Bertz CT molecular complexity index is 391. The maximum atomic E-state index is 13.5. The van der Waals surface area contributed by atoms with Crippen LogP contribution in [0, 0.1) is 15.9 Å². The van der Waals surface area contributed by atoms with Gasteiger partial charge in [0.25, 0.3) is 5.69 Å². The molecular weight excluding hydrogens is 229 g/mol. The number of benzene rings is 1. The Morgan fingerprint density at radius 3 is 2.41 bits per heavy atom. The monoisotopic (exact) mass is 243 g/mol. The maximum absolute atomic E-state index is 13.5. The highest BCUT2D eigenvalue weighted by Crippen LogP contribution is 2.26. The van der Waals surface area contributed by atoms with Crippen molar-refractivity contribution in [2.75, 3.05) is 13.2 Å². The van der Waals surface area contributed by atoms with Crippen molar-refractivity contribution in [2.45, 2.75) is 20.1 Å². The summed E-state index contributed by atoms with van der Waals surface area (Å²) >= 11 is 0. The average molecular weight is 243 g/mol. The fourth-order valence-electron chi connectivity index (χ4n) is 1.36. The molecule has 5 nitrogen and oxygen atoms in total. The van der Waals surface area contributed by atoms with Gasteiger partial charge in [-0.1, -0.05) is 0 Å². The Balaban J connectivity index is 3.07. The number of halogens is 1. The number of nitro groups is 1. The standard InChI is InChI=1S/C11H14FNO4/c1-3-16-11(17-4-2)9-7-8(13(14)15)5-6-10(9)12/h5-7,11H,3-4H2,1-2H3. The molecule has 0 unspecified atom stereocenters. The van der Waals surface area contributed by atoms with Gasteiger partial charge in [0.05, 0.1) is 10.5 Å². The Morgan fingerprint density at radius 2 is 1.94 bits per heavy atom. The highest BCUT2D eigenvalue weighted by Gasteiger charge is 2.19. The summed E-state index contributed by atoms with van der Waals surface area (Å²) in [6.07, 6.45) is -0.912. The number of ether oxygens (including phenoxy) is 2. The number of hydrogen-bond donors (Lipinski definition) is 0. The summed E-state index contributed by atoms with van der Waals surface area (Å²) in [6, 6.07) is 3.28. The van der Waals surface area contributed by atoms with Crippen LogP contribution in [-0.4, -0.2) is 18.1 Å². The third kappa shape index (κ3) is 3.47. The van der Waals surface area contributed by atoms with Gasteiger partial charge in [-0.05, 0) is 19.9 Å². The van der Waals surface area contributed by atoms with E-state index in [0.717, 1.165) is 18.2 Å². The molecule has 1 aromatic carbocycles. The summed E-state index contributed by atoms with van der Waals surface area (Å²) in [5.74, 6) is -0.581. The normalized spacial score (nSPS) is 10.8. The molecule has 0 heterocycles. The number of non-ortho nitro benzene ring substituents is 1. The second-order valence-corrected chi connectivity index (χ2v) is 3.21. The lowest BCUT2D eigenvalue weighted by molar-refractivity contribution is -0.385. The van der Waals surface area contributed by atoms with Crippen LogP contribution in [0.5, 0.6) is 0 Å². The fraction of sp³-hybridized carbons (Fsp3) is 0.455. The van der Waals surface area contributed by atoms with Crippen LogP contribution < -0.4 is 0 Å². The van der Waals surface area contributed by atoms with Crippen LogP contribution in [0.25, 0.3) is 0 Å². The maximum Gasteiger partial charge on any atom is 0.270 e. The number of hydrogen-bond acceptors (Lipinski definition) is 4. The molecule has 0 saturated carbocycles. The molecule has 6 heteroatoms. The van der Waals surface area contributed by atoms with Gasteiger partial charge in [0, 0.05) is 25.3 Å². The van der Waals surface area contributed by atoms with Gasteiger partial charge in [-0.15, -0.1) is 0 Å². The first-order valence-corrected chi connectivity index (χ1v) is 5.27. The fourth-order valence-corrected chi connectivity index (χ4v) is 1.36. The molecule has 0 bridgehead atoms. The first-order chi connectivity index (χ1) is 8.10. The predicted molar refractivity (Wildman–Crippen MR) is 59.0 cm³/mol. The first kappa shape index (κ1) is 13.5. The minimum absolute atomic E-state index is 0.0444. The van der Waals surface area contributed by atoms with E-state index in [1.165, 1.54) is 0 Å². The second-order valence-electron chi connectivity index (χ2n) is 3.21. The summed E-state index contributed by atoms with van der Waals surface area (Å²) in [4.78, 5) is 10.0. The summed E-state index contributed by atoms with van der Waals surface area (Å²) in [6.45, 7) is 4.13. The van der Waals surface area contributed by atoms with E-state index in [-0.39, 0.29) is 11.3 Å². The lowest BCUT2D eigenvalue weighted by Crippen LogP contribution is -2.11. The first-order valence-electron chi connectivity index (χ1n) is 5.27. The van der Waals surface area contributed by atoms with Gasteiger partial charge in [-0.3, -0.25) is 10.1 Å². The largest absolute Gasteiger partial charge is 0.349 e. The van der Waals surface area contributed by atoms with Gasteiger partial charge in [-0.2, -0.15) is 0 Å². The van der Waals surface area contributed by atoms with Crippen molar-refractivity contribution in [3.63, 3.8) is 0 Å². The molecule has 0 amide bonds. The summed E-state index contributed by atoms with van der Waals surface area (Å²) < 4.78 is 23.9. The number of rotatable bonds is 6. The summed E-state index contributed by atoms with van der Waals surface area (Å²) in [5, 5.41) is 10.6. The molecule has 0 saturated heterocycles. The van der Waals surface area contributed by atoms with E-state index < -0.39 is 17.0 Å². The number of nitrogens with zero attached hydrogens (tertiary/aromatic N) is 1. The lowest BCUT2D eigenvalue weighted by atomic mass is 10.2. The van der Waals surface area contributed by atoms with Crippen molar-refractivity contribution in [3.8, 4) is 0 Å². The van der Waals surface area contributed by atoms with E-state index in [4.69, 9.17) is 9.47 Å². The Labute approximate surface area is 98.3 Å². The Morgan fingerprint density at radius 1 is 1.35 bits per heavy atom. The van der Waals surface area contributed by atoms with Crippen LogP contribution in [0.4, 0.5) is 10.1 Å². The van der Waals surface area contributed by atoms with Gasteiger partial charge in [0.1, 0.15) is 5.82 Å². The molecule has 0 fully saturated rings. The molecule has 94 valence electrons. The van der Waals surface area contributed by atoms with Crippen LogP contribution in [0.15, 0.2) is 18.2 Å². The van der Waals surface area contributed by atoms with Crippen molar-refractivity contribution in [3.05, 3.63) is 39.7 Å². The summed E-state index contributed by atoms with van der Waals surface area (Å²) in [7, 11) is 0. The van der Waals surface area contributed by atoms with Gasteiger partial charge in [0.2, 0.25) is 0 Å². The van der Waals surface area contributed by atoms with E-state index >= 15 is 0 Å². The van der Waals surface area contributed by atoms with Crippen LogP contribution >= 0.6 is 0 Å². The van der Waals surface area contributed by atoms with E-state index in [1.807, 2.05) is 0 Å².